The average Bonchev–Trinajstić information content (AvgIpc) is 2.67. The van der Waals surface area contributed by atoms with Gasteiger partial charge in [-0.3, -0.25) is 19.2 Å². The van der Waals surface area contributed by atoms with Crippen LogP contribution in [-0.4, -0.2) is 35.6 Å². The van der Waals surface area contributed by atoms with Crippen molar-refractivity contribution in [1.82, 2.24) is 5.32 Å². The van der Waals surface area contributed by atoms with Crippen LogP contribution in [-0.2, 0) is 9.53 Å². The van der Waals surface area contributed by atoms with Gasteiger partial charge >= 0.3 is 5.97 Å². The maximum atomic E-state index is 12.7. The van der Waals surface area contributed by atoms with Crippen molar-refractivity contribution in [3.05, 3.63) is 70.3 Å². The standard InChI is InChI=1S/C23H23NO5/c1-23(2,3)29-19(25)9-6-12-24-22(28)14-10-11-17-18(13-14)21(27)16-8-5-4-7-15(16)20(17)26/h4-5,7-8,10-11,13H,6,9,12H2,1-3H3,(H,24,28). The minimum Gasteiger partial charge on any atom is -0.460 e. The highest BCUT2D eigenvalue weighted by atomic mass is 16.6. The Bertz CT molecular complexity index is 1000. The molecule has 1 N–H and O–H groups in total. The number of rotatable bonds is 5. The van der Waals surface area contributed by atoms with Crippen LogP contribution in [0.2, 0.25) is 0 Å². The first-order chi connectivity index (χ1) is 13.7. The average molecular weight is 393 g/mol. The molecule has 0 spiro atoms. The molecule has 1 amide bonds. The van der Waals surface area contributed by atoms with Crippen LogP contribution < -0.4 is 5.32 Å². The van der Waals surface area contributed by atoms with Gasteiger partial charge in [0.1, 0.15) is 5.60 Å². The van der Waals surface area contributed by atoms with E-state index in [1.807, 2.05) is 0 Å². The molecule has 0 radical (unpaired) electrons. The minimum absolute atomic E-state index is 0.200. The zero-order valence-electron chi connectivity index (χ0n) is 16.7. The van der Waals surface area contributed by atoms with Crippen molar-refractivity contribution in [1.29, 1.82) is 0 Å². The number of ether oxygens (including phenoxy) is 1. The molecular formula is C23H23NO5. The fraction of sp³-hybridized carbons (Fsp3) is 0.304. The predicted molar refractivity (Wildman–Crippen MR) is 107 cm³/mol. The van der Waals surface area contributed by atoms with Gasteiger partial charge in [-0.2, -0.15) is 0 Å². The van der Waals surface area contributed by atoms with Crippen LogP contribution >= 0.6 is 0 Å². The lowest BCUT2D eigenvalue weighted by Crippen LogP contribution is -2.28. The van der Waals surface area contributed by atoms with E-state index in [-0.39, 0.29) is 35.4 Å². The second kappa shape index (κ2) is 7.99. The molecule has 0 bridgehead atoms. The highest BCUT2D eigenvalue weighted by Gasteiger charge is 2.29. The summed E-state index contributed by atoms with van der Waals surface area (Å²) in [6.07, 6.45) is 0.641. The molecule has 1 aliphatic rings. The summed E-state index contributed by atoms with van der Waals surface area (Å²) in [7, 11) is 0. The Labute approximate surface area is 169 Å². The zero-order valence-corrected chi connectivity index (χ0v) is 16.7. The summed E-state index contributed by atoms with van der Waals surface area (Å²) in [5, 5.41) is 2.73. The molecule has 0 heterocycles. The molecular weight excluding hydrogens is 370 g/mol. The number of ketones is 2. The molecule has 2 aromatic rings. The third-order valence-electron chi connectivity index (χ3n) is 4.45. The molecule has 0 aliphatic heterocycles. The normalized spacial score (nSPS) is 12.8. The molecule has 0 saturated heterocycles. The van der Waals surface area contributed by atoms with Crippen LogP contribution in [0.15, 0.2) is 42.5 Å². The Hall–Kier alpha value is -3.28. The minimum atomic E-state index is -0.536. The summed E-state index contributed by atoms with van der Waals surface area (Å²) in [5.74, 6) is -1.17. The first-order valence-electron chi connectivity index (χ1n) is 9.50. The summed E-state index contributed by atoms with van der Waals surface area (Å²) < 4.78 is 5.22. The van der Waals surface area contributed by atoms with Gasteiger partial charge in [-0.25, -0.2) is 0 Å². The lowest BCUT2D eigenvalue weighted by molar-refractivity contribution is -0.154. The van der Waals surface area contributed by atoms with Gasteiger partial charge in [0.25, 0.3) is 5.91 Å². The van der Waals surface area contributed by atoms with E-state index in [2.05, 4.69) is 5.32 Å². The number of carbonyl (C=O) groups excluding carboxylic acids is 4. The van der Waals surface area contributed by atoms with Crippen molar-refractivity contribution in [2.45, 2.75) is 39.2 Å². The fourth-order valence-electron chi connectivity index (χ4n) is 3.17. The SMILES string of the molecule is CC(C)(C)OC(=O)CCCNC(=O)c1ccc2c(c1)C(=O)c1ccccc1C2=O. The van der Waals surface area contributed by atoms with Gasteiger partial charge in [0.2, 0.25) is 0 Å². The summed E-state index contributed by atoms with van der Waals surface area (Å²) in [6, 6.07) is 11.2. The third kappa shape index (κ3) is 4.59. The highest BCUT2D eigenvalue weighted by molar-refractivity contribution is 6.28. The quantitative estimate of drug-likeness (QED) is 0.531. The van der Waals surface area contributed by atoms with Crippen LogP contribution in [0.3, 0.4) is 0 Å². The first kappa shape index (κ1) is 20.5. The Morgan fingerprint density at radius 1 is 0.897 bits per heavy atom. The maximum absolute atomic E-state index is 12.7. The second-order valence-electron chi connectivity index (χ2n) is 7.91. The van der Waals surface area contributed by atoms with Gasteiger partial charge < -0.3 is 10.1 Å². The van der Waals surface area contributed by atoms with E-state index in [4.69, 9.17) is 4.74 Å². The highest BCUT2D eigenvalue weighted by Crippen LogP contribution is 2.27. The molecule has 3 rings (SSSR count). The van der Waals surface area contributed by atoms with Crippen LogP contribution in [0.25, 0.3) is 0 Å². The first-order valence-corrected chi connectivity index (χ1v) is 9.50. The van der Waals surface area contributed by atoms with E-state index in [0.717, 1.165) is 0 Å². The van der Waals surface area contributed by atoms with E-state index in [1.165, 1.54) is 18.2 Å². The topological polar surface area (TPSA) is 89.5 Å². The number of benzene rings is 2. The molecule has 1 aliphatic carbocycles. The smallest absolute Gasteiger partial charge is 0.306 e. The number of esters is 1. The number of hydrogen-bond donors (Lipinski definition) is 1. The Balaban J connectivity index is 1.64. The molecule has 0 atom stereocenters. The van der Waals surface area contributed by atoms with E-state index in [1.54, 1.807) is 45.0 Å². The summed E-state index contributed by atoms with van der Waals surface area (Å²) in [4.78, 5) is 49.5. The van der Waals surface area contributed by atoms with Crippen LogP contribution in [0, 0.1) is 0 Å². The zero-order chi connectivity index (χ0) is 21.2. The monoisotopic (exact) mass is 393 g/mol. The van der Waals surface area contributed by atoms with Gasteiger partial charge in [-0.1, -0.05) is 24.3 Å². The molecule has 6 nitrogen and oxygen atoms in total. The Morgan fingerprint density at radius 2 is 1.48 bits per heavy atom. The van der Waals surface area contributed by atoms with E-state index in [0.29, 0.717) is 35.2 Å². The number of fused-ring (bicyclic) bond motifs is 2. The van der Waals surface area contributed by atoms with Gasteiger partial charge in [0, 0.05) is 40.8 Å². The number of hydrogen-bond acceptors (Lipinski definition) is 5. The lowest BCUT2D eigenvalue weighted by Gasteiger charge is -2.19. The van der Waals surface area contributed by atoms with Crippen molar-refractivity contribution in [2.75, 3.05) is 6.54 Å². The summed E-state index contributed by atoms with van der Waals surface area (Å²) in [5.41, 5.74) is 1.02. The van der Waals surface area contributed by atoms with Crippen LogP contribution in [0.1, 0.15) is 75.8 Å². The molecule has 0 saturated carbocycles. The largest absolute Gasteiger partial charge is 0.460 e. The maximum Gasteiger partial charge on any atom is 0.306 e. The Kier molecular flexibility index (Phi) is 5.64. The van der Waals surface area contributed by atoms with Crippen molar-refractivity contribution < 1.29 is 23.9 Å². The van der Waals surface area contributed by atoms with Gasteiger partial charge in [-0.15, -0.1) is 0 Å². The third-order valence-corrected chi connectivity index (χ3v) is 4.45. The molecule has 0 fully saturated rings. The van der Waals surface area contributed by atoms with Crippen molar-refractivity contribution in [3.8, 4) is 0 Å². The van der Waals surface area contributed by atoms with Gasteiger partial charge in [-0.05, 0) is 45.4 Å². The van der Waals surface area contributed by atoms with Gasteiger partial charge in [0.15, 0.2) is 11.6 Å². The number of nitrogens with one attached hydrogen (secondary N) is 1. The van der Waals surface area contributed by atoms with Crippen molar-refractivity contribution in [3.63, 3.8) is 0 Å². The predicted octanol–water partition coefficient (Wildman–Crippen LogP) is 3.31. The molecule has 150 valence electrons. The van der Waals surface area contributed by atoms with Gasteiger partial charge in [0.05, 0.1) is 0 Å². The van der Waals surface area contributed by atoms with E-state index < -0.39 is 5.60 Å². The number of amides is 1. The molecule has 6 heteroatoms. The Morgan fingerprint density at radius 3 is 2.10 bits per heavy atom. The van der Waals surface area contributed by atoms with E-state index >= 15 is 0 Å². The number of carbonyl (C=O) groups is 4. The second-order valence-corrected chi connectivity index (χ2v) is 7.91. The molecule has 29 heavy (non-hydrogen) atoms. The van der Waals surface area contributed by atoms with E-state index in [9.17, 15) is 19.2 Å². The summed E-state index contributed by atoms with van der Waals surface area (Å²) >= 11 is 0. The lowest BCUT2D eigenvalue weighted by atomic mass is 9.83. The van der Waals surface area contributed by atoms with Crippen LogP contribution in [0.4, 0.5) is 0 Å². The van der Waals surface area contributed by atoms with Crippen LogP contribution in [0.5, 0.6) is 0 Å². The molecule has 2 aromatic carbocycles. The fourth-order valence-corrected chi connectivity index (χ4v) is 3.17. The summed E-state index contributed by atoms with van der Waals surface area (Å²) in [6.45, 7) is 5.69. The van der Waals surface area contributed by atoms with Crippen molar-refractivity contribution in [2.24, 2.45) is 0 Å². The molecule has 0 unspecified atom stereocenters. The van der Waals surface area contributed by atoms with Crippen molar-refractivity contribution >= 4 is 23.4 Å². The molecule has 0 aromatic heterocycles.